The van der Waals surface area contributed by atoms with Crippen molar-refractivity contribution in [2.75, 3.05) is 6.54 Å². The van der Waals surface area contributed by atoms with Crippen molar-refractivity contribution in [1.29, 1.82) is 0 Å². The van der Waals surface area contributed by atoms with Gasteiger partial charge in [-0.25, -0.2) is 4.79 Å². The summed E-state index contributed by atoms with van der Waals surface area (Å²) < 4.78 is 5.26. The highest BCUT2D eigenvalue weighted by atomic mass is 16.6. The van der Waals surface area contributed by atoms with Gasteiger partial charge in [0.2, 0.25) is 0 Å². The van der Waals surface area contributed by atoms with Crippen LogP contribution in [-0.2, 0) is 4.74 Å². The number of ether oxygens (including phenoxy) is 1. The standard InChI is InChI=1S/C11H21NO3/c1-8-11(5,14)6-7-12(8)9(13)15-10(2,3)4/h8,14H,6-7H2,1-5H3/t8-,11-/m0/s1. The minimum atomic E-state index is -0.795. The zero-order valence-electron chi connectivity index (χ0n) is 10.2. The van der Waals surface area contributed by atoms with Crippen LogP contribution in [0.15, 0.2) is 0 Å². The van der Waals surface area contributed by atoms with Gasteiger partial charge in [-0.2, -0.15) is 0 Å². The largest absolute Gasteiger partial charge is 0.444 e. The fraction of sp³-hybridized carbons (Fsp3) is 0.909. The van der Waals surface area contributed by atoms with Crippen molar-refractivity contribution in [3.05, 3.63) is 0 Å². The number of rotatable bonds is 0. The molecule has 0 aromatic carbocycles. The van der Waals surface area contributed by atoms with Crippen molar-refractivity contribution in [3.8, 4) is 0 Å². The third-order valence-electron chi connectivity index (χ3n) is 2.85. The van der Waals surface area contributed by atoms with Gasteiger partial charge in [0.25, 0.3) is 0 Å². The Hall–Kier alpha value is -0.770. The zero-order chi connectivity index (χ0) is 11.9. The Morgan fingerprint density at radius 2 is 2.07 bits per heavy atom. The predicted molar refractivity (Wildman–Crippen MR) is 57.6 cm³/mol. The van der Waals surface area contributed by atoms with Gasteiger partial charge in [-0.1, -0.05) is 0 Å². The molecule has 0 saturated carbocycles. The number of hydrogen-bond acceptors (Lipinski definition) is 3. The molecule has 0 bridgehead atoms. The molecule has 1 saturated heterocycles. The maximum atomic E-state index is 11.8. The third-order valence-corrected chi connectivity index (χ3v) is 2.85. The van der Waals surface area contributed by atoms with Crippen LogP contribution in [0.25, 0.3) is 0 Å². The first-order valence-corrected chi connectivity index (χ1v) is 5.35. The molecule has 1 heterocycles. The molecule has 0 radical (unpaired) electrons. The fourth-order valence-corrected chi connectivity index (χ4v) is 1.66. The summed E-state index contributed by atoms with van der Waals surface area (Å²) in [6.45, 7) is 9.67. The lowest BCUT2D eigenvalue weighted by Crippen LogP contribution is -2.44. The predicted octanol–water partition coefficient (Wildman–Crippen LogP) is 1.77. The molecular formula is C11H21NO3. The second kappa shape index (κ2) is 3.67. The normalized spacial score (nSPS) is 31.9. The Morgan fingerprint density at radius 1 is 1.53 bits per heavy atom. The average molecular weight is 215 g/mol. The van der Waals surface area contributed by atoms with Gasteiger partial charge in [-0.05, 0) is 41.0 Å². The van der Waals surface area contributed by atoms with Gasteiger partial charge in [-0.15, -0.1) is 0 Å². The van der Waals surface area contributed by atoms with Crippen LogP contribution in [0, 0.1) is 0 Å². The van der Waals surface area contributed by atoms with Crippen LogP contribution < -0.4 is 0 Å². The SMILES string of the molecule is C[C@@H]1N(C(=O)OC(C)(C)C)CC[C@]1(C)O. The third kappa shape index (κ3) is 2.84. The Labute approximate surface area is 91.2 Å². The Bertz CT molecular complexity index is 255. The first-order chi connectivity index (χ1) is 6.63. The van der Waals surface area contributed by atoms with E-state index in [1.54, 1.807) is 11.8 Å². The minimum absolute atomic E-state index is 0.188. The lowest BCUT2D eigenvalue weighted by atomic mass is 9.99. The molecule has 2 atom stereocenters. The maximum Gasteiger partial charge on any atom is 0.410 e. The molecule has 0 unspecified atom stereocenters. The molecule has 1 aliphatic rings. The van der Waals surface area contributed by atoms with Gasteiger partial charge < -0.3 is 14.7 Å². The van der Waals surface area contributed by atoms with E-state index < -0.39 is 11.2 Å². The molecule has 1 aliphatic heterocycles. The highest BCUT2D eigenvalue weighted by Gasteiger charge is 2.42. The summed E-state index contributed by atoms with van der Waals surface area (Å²) >= 11 is 0. The summed E-state index contributed by atoms with van der Waals surface area (Å²) in [7, 11) is 0. The fourth-order valence-electron chi connectivity index (χ4n) is 1.66. The van der Waals surface area contributed by atoms with Gasteiger partial charge in [0.15, 0.2) is 0 Å². The molecule has 0 spiro atoms. The molecule has 88 valence electrons. The van der Waals surface area contributed by atoms with Gasteiger partial charge in [0, 0.05) is 6.54 Å². The second-order valence-corrected chi connectivity index (χ2v) is 5.46. The number of hydrogen-bond donors (Lipinski definition) is 1. The number of carbonyl (C=O) groups is 1. The van der Waals surface area contributed by atoms with Gasteiger partial charge >= 0.3 is 6.09 Å². The summed E-state index contributed by atoms with van der Waals surface area (Å²) in [5.41, 5.74) is -1.28. The van der Waals surface area contributed by atoms with E-state index >= 15 is 0 Å². The van der Waals surface area contributed by atoms with E-state index in [0.29, 0.717) is 13.0 Å². The van der Waals surface area contributed by atoms with E-state index in [4.69, 9.17) is 4.74 Å². The van der Waals surface area contributed by atoms with E-state index in [2.05, 4.69) is 0 Å². The zero-order valence-corrected chi connectivity index (χ0v) is 10.2. The number of carbonyl (C=O) groups excluding carboxylic acids is 1. The van der Waals surface area contributed by atoms with Crippen molar-refractivity contribution >= 4 is 6.09 Å². The van der Waals surface area contributed by atoms with E-state index in [0.717, 1.165) is 0 Å². The topological polar surface area (TPSA) is 49.8 Å². The molecule has 0 aliphatic carbocycles. The molecular weight excluding hydrogens is 194 g/mol. The Morgan fingerprint density at radius 3 is 2.40 bits per heavy atom. The summed E-state index contributed by atoms with van der Waals surface area (Å²) in [5, 5.41) is 9.93. The van der Waals surface area contributed by atoms with Gasteiger partial charge in [0.05, 0.1) is 11.6 Å². The lowest BCUT2D eigenvalue weighted by molar-refractivity contribution is -0.00132. The summed E-state index contributed by atoms with van der Waals surface area (Å²) in [5.74, 6) is 0. The Kier molecular flexibility index (Phi) is 3.01. The number of aliphatic hydroxyl groups is 1. The highest BCUT2D eigenvalue weighted by Crippen LogP contribution is 2.29. The van der Waals surface area contributed by atoms with Gasteiger partial charge in [-0.3, -0.25) is 0 Å². The van der Waals surface area contributed by atoms with E-state index in [-0.39, 0.29) is 12.1 Å². The first-order valence-electron chi connectivity index (χ1n) is 5.35. The van der Waals surface area contributed by atoms with Crippen molar-refractivity contribution in [2.45, 2.75) is 58.3 Å². The smallest absolute Gasteiger partial charge is 0.410 e. The molecule has 4 heteroatoms. The molecule has 1 rings (SSSR count). The molecule has 0 aromatic rings. The van der Waals surface area contributed by atoms with Crippen LogP contribution in [0.2, 0.25) is 0 Å². The van der Waals surface area contributed by atoms with Crippen LogP contribution >= 0.6 is 0 Å². The number of nitrogens with zero attached hydrogens (tertiary/aromatic N) is 1. The second-order valence-electron chi connectivity index (χ2n) is 5.46. The van der Waals surface area contributed by atoms with Gasteiger partial charge in [0.1, 0.15) is 5.60 Å². The highest BCUT2D eigenvalue weighted by molar-refractivity contribution is 5.69. The minimum Gasteiger partial charge on any atom is -0.444 e. The van der Waals surface area contributed by atoms with E-state index in [1.165, 1.54) is 0 Å². The molecule has 0 aromatic heterocycles. The summed E-state index contributed by atoms with van der Waals surface area (Å²) in [6, 6.07) is -0.188. The number of likely N-dealkylation sites (tertiary alicyclic amines) is 1. The van der Waals surface area contributed by atoms with Crippen LogP contribution in [0.5, 0.6) is 0 Å². The molecule has 1 amide bonds. The first kappa shape index (κ1) is 12.3. The average Bonchev–Trinajstić information content (AvgIpc) is 2.24. The number of amides is 1. The molecule has 1 N–H and O–H groups in total. The van der Waals surface area contributed by atoms with E-state index in [9.17, 15) is 9.90 Å². The van der Waals surface area contributed by atoms with Crippen molar-refractivity contribution in [1.82, 2.24) is 4.90 Å². The Balaban J connectivity index is 2.64. The molecule has 15 heavy (non-hydrogen) atoms. The van der Waals surface area contributed by atoms with Crippen LogP contribution in [-0.4, -0.2) is 39.9 Å². The maximum absolute atomic E-state index is 11.8. The monoisotopic (exact) mass is 215 g/mol. The van der Waals surface area contributed by atoms with E-state index in [1.807, 2.05) is 27.7 Å². The van der Waals surface area contributed by atoms with Crippen LogP contribution in [0.4, 0.5) is 4.79 Å². The summed E-state index contributed by atoms with van der Waals surface area (Å²) in [4.78, 5) is 13.3. The van der Waals surface area contributed by atoms with Crippen LogP contribution in [0.1, 0.15) is 41.0 Å². The quantitative estimate of drug-likeness (QED) is 0.670. The molecule has 1 fully saturated rings. The van der Waals surface area contributed by atoms with Crippen molar-refractivity contribution in [2.24, 2.45) is 0 Å². The summed E-state index contributed by atoms with van der Waals surface area (Å²) in [6.07, 6.45) is 0.265. The van der Waals surface area contributed by atoms with Crippen molar-refractivity contribution in [3.63, 3.8) is 0 Å². The lowest BCUT2D eigenvalue weighted by Gasteiger charge is -2.30. The van der Waals surface area contributed by atoms with Crippen molar-refractivity contribution < 1.29 is 14.6 Å². The molecule has 4 nitrogen and oxygen atoms in total. The van der Waals surface area contributed by atoms with Crippen LogP contribution in [0.3, 0.4) is 0 Å².